The summed E-state index contributed by atoms with van der Waals surface area (Å²) in [6, 6.07) is 5.49. The van der Waals surface area contributed by atoms with E-state index in [1.54, 1.807) is 0 Å². The van der Waals surface area contributed by atoms with Crippen LogP contribution < -0.4 is 10.2 Å². The summed E-state index contributed by atoms with van der Waals surface area (Å²) < 4.78 is 0. The van der Waals surface area contributed by atoms with Crippen molar-refractivity contribution in [3.05, 3.63) is 35.0 Å². The summed E-state index contributed by atoms with van der Waals surface area (Å²) in [6.45, 7) is 3.79. The molecule has 1 aromatic carbocycles. The maximum Gasteiger partial charge on any atom is 0.277 e. The van der Waals surface area contributed by atoms with Gasteiger partial charge in [0, 0.05) is 19.2 Å². The third-order valence-electron chi connectivity index (χ3n) is 4.69. The van der Waals surface area contributed by atoms with Crippen LogP contribution in [0, 0.1) is 5.92 Å². The lowest BCUT2D eigenvalue weighted by Crippen LogP contribution is -2.35. The fourth-order valence-corrected chi connectivity index (χ4v) is 3.52. The first-order chi connectivity index (χ1) is 12.0. The van der Waals surface area contributed by atoms with E-state index in [9.17, 15) is 9.59 Å². The van der Waals surface area contributed by atoms with E-state index >= 15 is 0 Å². The minimum Gasteiger partial charge on any atom is -0.395 e. The average molecular weight is 364 g/mol. The zero-order chi connectivity index (χ0) is 18.0. The molecule has 0 unspecified atom stereocenters. The zero-order valence-electron chi connectivity index (χ0n) is 14.2. The van der Waals surface area contributed by atoms with Crippen LogP contribution in [-0.4, -0.2) is 48.1 Å². The van der Waals surface area contributed by atoms with E-state index in [-0.39, 0.29) is 18.8 Å². The van der Waals surface area contributed by atoms with Crippen molar-refractivity contribution < 1.29 is 14.7 Å². The Hall–Kier alpha value is -2.05. The third kappa shape index (κ3) is 3.65. The number of benzene rings is 1. The molecule has 2 heterocycles. The molecule has 0 aromatic heterocycles. The van der Waals surface area contributed by atoms with Crippen LogP contribution >= 0.6 is 11.6 Å². The van der Waals surface area contributed by atoms with Crippen LogP contribution in [0.1, 0.15) is 19.8 Å². The van der Waals surface area contributed by atoms with E-state index in [1.807, 2.05) is 18.2 Å². The van der Waals surface area contributed by atoms with Crippen LogP contribution in [0.5, 0.6) is 0 Å². The number of carbonyl (C=O) groups excluding carboxylic acids is 2. The number of carbonyl (C=O) groups is 2. The number of aliphatic hydroxyl groups excluding tert-OH is 1. The standard InChI is InChI=1S/C18H22ClN3O3/c1-12-5-7-21(8-6-12)17-13(19)3-2-4-14(17)20-15-11-16(24)22(9-10-23)18(15)25/h2-4,11-12,20,23H,5-10H2,1H3. The largest absolute Gasteiger partial charge is 0.395 e. The predicted octanol–water partition coefficient (Wildman–Crippen LogP) is 2.23. The summed E-state index contributed by atoms with van der Waals surface area (Å²) in [7, 11) is 0. The van der Waals surface area contributed by atoms with Gasteiger partial charge in [0.05, 0.1) is 29.5 Å². The van der Waals surface area contributed by atoms with E-state index in [0.717, 1.165) is 36.5 Å². The van der Waals surface area contributed by atoms with Gasteiger partial charge >= 0.3 is 0 Å². The number of rotatable bonds is 5. The van der Waals surface area contributed by atoms with E-state index in [1.165, 1.54) is 6.08 Å². The number of nitrogens with zero attached hydrogens (tertiary/aromatic N) is 2. The molecule has 0 aliphatic carbocycles. The van der Waals surface area contributed by atoms with Crippen molar-refractivity contribution in [3.8, 4) is 0 Å². The van der Waals surface area contributed by atoms with Crippen LogP contribution in [0.15, 0.2) is 30.0 Å². The van der Waals surface area contributed by atoms with Crippen molar-refractivity contribution in [2.75, 3.05) is 36.5 Å². The second kappa shape index (κ2) is 7.45. The molecule has 2 aliphatic rings. The quantitative estimate of drug-likeness (QED) is 0.785. The highest BCUT2D eigenvalue weighted by Crippen LogP contribution is 2.37. The number of hydrogen-bond acceptors (Lipinski definition) is 5. The van der Waals surface area contributed by atoms with Crippen molar-refractivity contribution in [3.63, 3.8) is 0 Å². The molecular formula is C18H22ClN3O3. The monoisotopic (exact) mass is 363 g/mol. The number of para-hydroxylation sites is 1. The summed E-state index contributed by atoms with van der Waals surface area (Å²) >= 11 is 6.43. The first-order valence-electron chi connectivity index (χ1n) is 8.50. The topological polar surface area (TPSA) is 72.9 Å². The number of β-amino-alcohol motifs (C(OH)–C–C–N with tert-alkyl or cyclic N) is 1. The van der Waals surface area contributed by atoms with Crippen LogP contribution in [0.25, 0.3) is 0 Å². The maximum atomic E-state index is 12.3. The fourth-order valence-electron chi connectivity index (χ4n) is 3.22. The molecule has 0 saturated carbocycles. The molecule has 1 saturated heterocycles. The molecule has 2 aliphatic heterocycles. The first-order valence-corrected chi connectivity index (χ1v) is 8.88. The molecule has 25 heavy (non-hydrogen) atoms. The molecule has 6 nitrogen and oxygen atoms in total. The average Bonchev–Trinajstić information content (AvgIpc) is 2.84. The molecule has 134 valence electrons. The van der Waals surface area contributed by atoms with Crippen LogP contribution in [0.3, 0.4) is 0 Å². The molecule has 0 atom stereocenters. The number of anilines is 2. The highest BCUT2D eigenvalue weighted by molar-refractivity contribution is 6.34. The number of aliphatic hydroxyl groups is 1. The van der Waals surface area contributed by atoms with Gasteiger partial charge in [-0.15, -0.1) is 0 Å². The van der Waals surface area contributed by atoms with Crippen molar-refractivity contribution >= 4 is 34.8 Å². The van der Waals surface area contributed by atoms with E-state index < -0.39 is 11.8 Å². The van der Waals surface area contributed by atoms with Gasteiger partial charge in [-0.1, -0.05) is 24.6 Å². The van der Waals surface area contributed by atoms with Crippen molar-refractivity contribution in [1.82, 2.24) is 4.90 Å². The van der Waals surface area contributed by atoms with Crippen LogP contribution in [0.2, 0.25) is 5.02 Å². The Morgan fingerprint density at radius 2 is 2.00 bits per heavy atom. The fraction of sp³-hybridized carbons (Fsp3) is 0.444. The number of piperidine rings is 1. The van der Waals surface area contributed by atoms with E-state index in [2.05, 4.69) is 17.1 Å². The van der Waals surface area contributed by atoms with Gasteiger partial charge < -0.3 is 15.3 Å². The van der Waals surface area contributed by atoms with Gasteiger partial charge in [-0.05, 0) is 30.9 Å². The normalized spacial score (nSPS) is 18.8. The van der Waals surface area contributed by atoms with E-state index in [0.29, 0.717) is 16.6 Å². The highest BCUT2D eigenvalue weighted by Gasteiger charge is 2.31. The highest BCUT2D eigenvalue weighted by atomic mass is 35.5. The van der Waals surface area contributed by atoms with Gasteiger partial charge in [0.1, 0.15) is 5.70 Å². The lowest BCUT2D eigenvalue weighted by atomic mass is 9.98. The summed E-state index contributed by atoms with van der Waals surface area (Å²) in [5.41, 5.74) is 1.77. The number of imide groups is 1. The second-order valence-electron chi connectivity index (χ2n) is 6.51. The molecule has 2 amide bonds. The van der Waals surface area contributed by atoms with Crippen molar-refractivity contribution in [2.45, 2.75) is 19.8 Å². The number of hydrogen-bond donors (Lipinski definition) is 2. The Balaban J connectivity index is 1.84. The number of nitrogens with one attached hydrogen (secondary N) is 1. The molecule has 0 spiro atoms. The molecule has 1 aromatic rings. The SMILES string of the molecule is CC1CCN(c2c(Cl)cccc2NC2=CC(=O)N(CCO)C2=O)CC1. The van der Waals surface area contributed by atoms with Gasteiger partial charge in [0.15, 0.2) is 0 Å². The smallest absolute Gasteiger partial charge is 0.277 e. The zero-order valence-corrected chi connectivity index (χ0v) is 14.9. The minimum atomic E-state index is -0.433. The summed E-state index contributed by atoms with van der Waals surface area (Å²) in [4.78, 5) is 27.5. The van der Waals surface area contributed by atoms with Gasteiger partial charge in [0.2, 0.25) is 0 Å². The van der Waals surface area contributed by atoms with Gasteiger partial charge in [-0.25, -0.2) is 0 Å². The molecule has 3 rings (SSSR count). The minimum absolute atomic E-state index is 0.00817. The third-order valence-corrected chi connectivity index (χ3v) is 4.99. The van der Waals surface area contributed by atoms with Gasteiger partial charge in [-0.2, -0.15) is 0 Å². The first kappa shape index (κ1) is 17.8. The number of halogens is 1. The van der Waals surface area contributed by atoms with Gasteiger partial charge in [-0.3, -0.25) is 14.5 Å². The molecule has 7 heteroatoms. The Kier molecular flexibility index (Phi) is 5.30. The van der Waals surface area contributed by atoms with Crippen LogP contribution in [0.4, 0.5) is 11.4 Å². The Morgan fingerprint density at radius 1 is 1.28 bits per heavy atom. The summed E-state index contributed by atoms with van der Waals surface area (Å²) in [5, 5.41) is 12.7. The van der Waals surface area contributed by atoms with Crippen molar-refractivity contribution in [1.29, 1.82) is 0 Å². The second-order valence-corrected chi connectivity index (χ2v) is 6.91. The van der Waals surface area contributed by atoms with Crippen molar-refractivity contribution in [2.24, 2.45) is 5.92 Å². The van der Waals surface area contributed by atoms with Gasteiger partial charge in [0.25, 0.3) is 11.8 Å². The maximum absolute atomic E-state index is 12.3. The Bertz CT molecular complexity index is 712. The lowest BCUT2D eigenvalue weighted by Gasteiger charge is -2.34. The Labute approximate surface area is 152 Å². The predicted molar refractivity (Wildman–Crippen MR) is 97.6 cm³/mol. The molecule has 0 radical (unpaired) electrons. The number of amides is 2. The summed E-state index contributed by atoms with van der Waals surface area (Å²) in [5.74, 6) is -0.159. The molecule has 1 fully saturated rings. The molecule has 0 bridgehead atoms. The lowest BCUT2D eigenvalue weighted by molar-refractivity contribution is -0.137. The molecule has 2 N–H and O–H groups in total. The van der Waals surface area contributed by atoms with Crippen LogP contribution in [-0.2, 0) is 9.59 Å². The van der Waals surface area contributed by atoms with E-state index in [4.69, 9.17) is 16.7 Å². The molecular weight excluding hydrogens is 342 g/mol. The summed E-state index contributed by atoms with van der Waals surface area (Å²) in [6.07, 6.45) is 3.45. The Morgan fingerprint density at radius 3 is 2.68 bits per heavy atom.